The van der Waals surface area contributed by atoms with Crippen LogP contribution in [0.3, 0.4) is 0 Å². The fourth-order valence-electron chi connectivity index (χ4n) is 1.11. The van der Waals surface area contributed by atoms with Crippen LogP contribution in [0.2, 0.25) is 0 Å². The highest BCUT2D eigenvalue weighted by Gasteiger charge is 2.16. The molecule has 0 saturated carbocycles. The van der Waals surface area contributed by atoms with Crippen LogP contribution < -0.4 is 5.32 Å². The van der Waals surface area contributed by atoms with E-state index in [-0.39, 0.29) is 18.4 Å². The molecule has 1 rings (SSSR count). The monoisotopic (exact) mass is 198 g/mol. The van der Waals surface area contributed by atoms with Crippen LogP contribution >= 0.6 is 0 Å². The van der Waals surface area contributed by atoms with Gasteiger partial charge in [-0.15, -0.1) is 0 Å². The van der Waals surface area contributed by atoms with Gasteiger partial charge in [0.2, 0.25) is 11.8 Å². The number of carbonyl (C=O) groups is 2. The van der Waals surface area contributed by atoms with E-state index >= 15 is 0 Å². The lowest BCUT2D eigenvalue weighted by molar-refractivity contribution is -0.141. The summed E-state index contributed by atoms with van der Waals surface area (Å²) >= 11 is 0. The van der Waals surface area contributed by atoms with Gasteiger partial charge in [-0.2, -0.15) is 0 Å². The van der Waals surface area contributed by atoms with Gasteiger partial charge < -0.3 is 15.0 Å². The second kappa shape index (κ2) is 5.39. The zero-order valence-electron chi connectivity index (χ0n) is 8.16. The lowest BCUT2D eigenvalue weighted by Gasteiger charge is -2.25. The molecule has 0 aromatic rings. The molecule has 0 aliphatic carbocycles. The minimum atomic E-state index is -0.161. The van der Waals surface area contributed by atoms with Crippen LogP contribution in [0.15, 0.2) is 12.2 Å². The molecule has 0 unspecified atom stereocenters. The molecule has 0 aromatic heterocycles. The van der Waals surface area contributed by atoms with E-state index in [4.69, 9.17) is 4.74 Å². The van der Waals surface area contributed by atoms with Crippen LogP contribution in [-0.2, 0) is 14.3 Å². The van der Waals surface area contributed by atoms with Crippen molar-refractivity contribution in [2.45, 2.75) is 0 Å². The van der Waals surface area contributed by atoms with Crippen molar-refractivity contribution in [3.8, 4) is 0 Å². The lowest BCUT2D eigenvalue weighted by Crippen LogP contribution is -2.41. The highest BCUT2D eigenvalue weighted by molar-refractivity contribution is 5.87. The van der Waals surface area contributed by atoms with Crippen molar-refractivity contribution in [1.29, 1.82) is 0 Å². The number of hydrogen-bond acceptors (Lipinski definition) is 3. The number of rotatable bonds is 3. The molecule has 1 saturated heterocycles. The second-order valence-corrected chi connectivity index (χ2v) is 2.91. The van der Waals surface area contributed by atoms with E-state index < -0.39 is 0 Å². The SMILES string of the molecule is CNC(=O)/C=C/CN1CCOCC1=O. The van der Waals surface area contributed by atoms with Crippen LogP contribution in [0.1, 0.15) is 0 Å². The molecule has 0 atom stereocenters. The first-order valence-electron chi connectivity index (χ1n) is 4.48. The predicted molar refractivity (Wildman–Crippen MR) is 50.6 cm³/mol. The minimum absolute atomic E-state index is 0.0298. The standard InChI is InChI=1S/C9H14N2O3/c1-10-8(12)3-2-4-11-5-6-14-7-9(11)13/h2-3H,4-7H2,1H3,(H,10,12)/b3-2+. The van der Waals surface area contributed by atoms with Crippen molar-refractivity contribution >= 4 is 11.8 Å². The van der Waals surface area contributed by atoms with Crippen LogP contribution in [-0.4, -0.2) is 50.1 Å². The predicted octanol–water partition coefficient (Wildman–Crippen LogP) is -0.853. The molecule has 2 amide bonds. The summed E-state index contributed by atoms with van der Waals surface area (Å²) < 4.78 is 4.97. The number of nitrogens with zero attached hydrogens (tertiary/aromatic N) is 1. The highest BCUT2D eigenvalue weighted by atomic mass is 16.5. The summed E-state index contributed by atoms with van der Waals surface area (Å²) in [4.78, 5) is 23.7. The van der Waals surface area contributed by atoms with E-state index in [1.54, 1.807) is 18.0 Å². The first-order valence-corrected chi connectivity index (χ1v) is 4.48. The summed E-state index contributed by atoms with van der Waals surface area (Å²) in [6, 6.07) is 0. The van der Waals surface area contributed by atoms with Crippen molar-refractivity contribution in [3.05, 3.63) is 12.2 Å². The Hall–Kier alpha value is -1.36. The zero-order chi connectivity index (χ0) is 10.4. The number of nitrogens with one attached hydrogen (secondary N) is 1. The van der Waals surface area contributed by atoms with Gasteiger partial charge >= 0.3 is 0 Å². The fourth-order valence-corrected chi connectivity index (χ4v) is 1.11. The number of ether oxygens (including phenoxy) is 1. The van der Waals surface area contributed by atoms with Gasteiger partial charge in [0.05, 0.1) is 6.61 Å². The van der Waals surface area contributed by atoms with E-state index in [0.29, 0.717) is 19.7 Å². The number of amides is 2. The van der Waals surface area contributed by atoms with Crippen molar-refractivity contribution in [1.82, 2.24) is 10.2 Å². The molecule has 14 heavy (non-hydrogen) atoms. The summed E-state index contributed by atoms with van der Waals surface area (Å²) in [6.07, 6.45) is 3.09. The van der Waals surface area contributed by atoms with Gasteiger partial charge in [-0.25, -0.2) is 0 Å². The quantitative estimate of drug-likeness (QED) is 0.601. The van der Waals surface area contributed by atoms with Gasteiger partial charge in [0.1, 0.15) is 6.61 Å². The zero-order valence-corrected chi connectivity index (χ0v) is 8.16. The van der Waals surface area contributed by atoms with Crippen LogP contribution in [0.5, 0.6) is 0 Å². The van der Waals surface area contributed by atoms with E-state index in [0.717, 1.165) is 0 Å². The highest BCUT2D eigenvalue weighted by Crippen LogP contribution is 1.98. The molecule has 0 aromatic carbocycles. The first kappa shape index (κ1) is 10.7. The molecule has 1 aliphatic heterocycles. The molecule has 5 nitrogen and oxygen atoms in total. The Bertz CT molecular complexity index is 250. The molecule has 78 valence electrons. The third kappa shape index (κ3) is 3.18. The van der Waals surface area contributed by atoms with E-state index in [2.05, 4.69) is 5.32 Å². The Balaban J connectivity index is 2.32. The van der Waals surface area contributed by atoms with Gasteiger partial charge in [-0.3, -0.25) is 9.59 Å². The summed E-state index contributed by atoms with van der Waals surface area (Å²) in [7, 11) is 1.56. The summed E-state index contributed by atoms with van der Waals surface area (Å²) in [5, 5.41) is 2.46. The normalized spacial score (nSPS) is 17.5. The van der Waals surface area contributed by atoms with Crippen LogP contribution in [0, 0.1) is 0 Å². The van der Waals surface area contributed by atoms with Gasteiger partial charge in [0.25, 0.3) is 0 Å². The van der Waals surface area contributed by atoms with Crippen molar-refractivity contribution in [2.24, 2.45) is 0 Å². The number of likely N-dealkylation sites (N-methyl/N-ethyl adjacent to an activating group) is 1. The molecule has 1 N–H and O–H groups in total. The number of hydrogen-bond donors (Lipinski definition) is 1. The summed E-state index contributed by atoms with van der Waals surface area (Å²) in [6.45, 7) is 1.78. The maximum Gasteiger partial charge on any atom is 0.248 e. The lowest BCUT2D eigenvalue weighted by atomic mass is 10.3. The van der Waals surface area contributed by atoms with Gasteiger partial charge in [-0.05, 0) is 0 Å². The van der Waals surface area contributed by atoms with Crippen LogP contribution in [0.25, 0.3) is 0 Å². The van der Waals surface area contributed by atoms with Crippen LogP contribution in [0.4, 0.5) is 0 Å². The maximum atomic E-state index is 11.2. The van der Waals surface area contributed by atoms with Crippen molar-refractivity contribution in [2.75, 3.05) is 33.4 Å². The molecule has 1 fully saturated rings. The molecule has 0 radical (unpaired) electrons. The molecule has 1 heterocycles. The number of morpholine rings is 1. The number of carbonyl (C=O) groups excluding carboxylic acids is 2. The smallest absolute Gasteiger partial charge is 0.248 e. The van der Waals surface area contributed by atoms with Gasteiger partial charge in [-0.1, -0.05) is 6.08 Å². The van der Waals surface area contributed by atoms with Crippen molar-refractivity contribution < 1.29 is 14.3 Å². The maximum absolute atomic E-state index is 11.2. The third-order valence-corrected chi connectivity index (χ3v) is 1.93. The second-order valence-electron chi connectivity index (χ2n) is 2.91. The third-order valence-electron chi connectivity index (χ3n) is 1.93. The Morgan fingerprint density at radius 2 is 2.50 bits per heavy atom. The van der Waals surface area contributed by atoms with Gasteiger partial charge in [0.15, 0.2) is 0 Å². The Kier molecular flexibility index (Phi) is 4.12. The topological polar surface area (TPSA) is 58.6 Å². The average molecular weight is 198 g/mol. The fraction of sp³-hybridized carbons (Fsp3) is 0.556. The summed E-state index contributed by atoms with van der Waals surface area (Å²) in [5.74, 6) is -0.191. The Labute approximate surface area is 82.7 Å². The minimum Gasteiger partial charge on any atom is -0.370 e. The van der Waals surface area contributed by atoms with Crippen molar-refractivity contribution in [3.63, 3.8) is 0 Å². The average Bonchev–Trinajstić information content (AvgIpc) is 2.20. The van der Waals surface area contributed by atoms with E-state index in [1.165, 1.54) is 6.08 Å². The summed E-state index contributed by atoms with van der Waals surface area (Å²) in [5.41, 5.74) is 0. The van der Waals surface area contributed by atoms with E-state index in [9.17, 15) is 9.59 Å². The molecule has 5 heteroatoms. The molecular formula is C9H14N2O3. The Morgan fingerprint density at radius 1 is 1.71 bits per heavy atom. The molecular weight excluding hydrogens is 184 g/mol. The molecule has 0 spiro atoms. The first-order chi connectivity index (χ1) is 6.74. The molecule has 0 bridgehead atoms. The van der Waals surface area contributed by atoms with Gasteiger partial charge in [0, 0.05) is 26.2 Å². The van der Waals surface area contributed by atoms with E-state index in [1.807, 2.05) is 0 Å². The largest absolute Gasteiger partial charge is 0.370 e. The molecule has 1 aliphatic rings. The Morgan fingerprint density at radius 3 is 3.14 bits per heavy atom.